The van der Waals surface area contributed by atoms with Crippen LogP contribution in [-0.4, -0.2) is 17.9 Å². The summed E-state index contributed by atoms with van der Waals surface area (Å²) < 4.78 is 0. The normalized spacial score (nSPS) is 12.9. The monoisotopic (exact) mass is 217 g/mol. The lowest BCUT2D eigenvalue weighted by Gasteiger charge is -2.09. The van der Waals surface area contributed by atoms with Gasteiger partial charge in [0.2, 0.25) is 0 Å². The Morgan fingerprint density at radius 3 is 2.77 bits per heavy atom. The van der Waals surface area contributed by atoms with Gasteiger partial charge < -0.3 is 10.8 Å². The maximum atomic E-state index is 9.48. The zero-order valence-electron chi connectivity index (χ0n) is 7.33. The molecule has 0 aliphatic heterocycles. The van der Waals surface area contributed by atoms with E-state index in [1.54, 1.807) is 17.8 Å². The Balaban J connectivity index is 3.01. The highest BCUT2D eigenvalue weighted by Crippen LogP contribution is 2.25. The Kier molecular flexibility index (Phi) is 4.06. The molecule has 72 valence electrons. The summed E-state index contributed by atoms with van der Waals surface area (Å²) in [6.45, 7) is 0.216. The molecule has 1 rings (SSSR count). The van der Waals surface area contributed by atoms with Crippen molar-refractivity contribution in [2.75, 3.05) is 12.8 Å². The molecule has 13 heavy (non-hydrogen) atoms. The molecule has 0 heterocycles. The molecule has 0 saturated heterocycles. The fourth-order valence-electron chi connectivity index (χ4n) is 1.03. The molecule has 1 unspecified atom stereocenters. The van der Waals surface area contributed by atoms with Crippen LogP contribution in [0.3, 0.4) is 0 Å². The molecule has 1 aromatic carbocycles. The predicted molar refractivity (Wildman–Crippen MR) is 57.2 cm³/mol. The average Bonchev–Trinajstić information content (AvgIpc) is 2.15. The van der Waals surface area contributed by atoms with Gasteiger partial charge in [-0.15, -0.1) is 11.8 Å². The summed E-state index contributed by atoms with van der Waals surface area (Å²) >= 11 is 7.45. The zero-order chi connectivity index (χ0) is 9.84. The summed E-state index contributed by atoms with van der Waals surface area (Å²) in [5.41, 5.74) is 6.12. The Hall–Kier alpha value is -0.220. The number of rotatable bonds is 3. The molecule has 4 heteroatoms. The average molecular weight is 218 g/mol. The van der Waals surface area contributed by atoms with Crippen LogP contribution in [0.2, 0.25) is 5.02 Å². The number of aliphatic hydroxyl groups is 1. The van der Waals surface area contributed by atoms with Crippen molar-refractivity contribution >= 4 is 23.4 Å². The lowest BCUT2D eigenvalue weighted by Crippen LogP contribution is -2.11. The van der Waals surface area contributed by atoms with E-state index in [2.05, 4.69) is 0 Å². The summed E-state index contributed by atoms with van der Waals surface area (Å²) in [4.78, 5) is 1.04. The summed E-state index contributed by atoms with van der Waals surface area (Å²) in [6.07, 6.45) is 1.34. The Morgan fingerprint density at radius 2 is 2.23 bits per heavy atom. The second-order valence-electron chi connectivity index (χ2n) is 2.68. The first-order valence-electron chi connectivity index (χ1n) is 3.90. The molecule has 1 atom stereocenters. The van der Waals surface area contributed by atoms with Gasteiger partial charge >= 0.3 is 0 Å². The van der Waals surface area contributed by atoms with Gasteiger partial charge in [-0.05, 0) is 30.0 Å². The Bertz CT molecular complexity index is 293. The molecule has 0 bridgehead atoms. The molecule has 2 nitrogen and oxygen atoms in total. The van der Waals surface area contributed by atoms with Crippen LogP contribution < -0.4 is 5.73 Å². The fraction of sp³-hybridized carbons (Fsp3) is 0.333. The van der Waals surface area contributed by atoms with Gasteiger partial charge in [-0.1, -0.05) is 11.6 Å². The van der Waals surface area contributed by atoms with E-state index in [-0.39, 0.29) is 6.54 Å². The second-order valence-corrected chi connectivity index (χ2v) is 3.99. The molecule has 0 amide bonds. The van der Waals surface area contributed by atoms with Crippen molar-refractivity contribution in [3.63, 3.8) is 0 Å². The van der Waals surface area contributed by atoms with Gasteiger partial charge in [0.1, 0.15) is 0 Å². The van der Waals surface area contributed by atoms with Crippen LogP contribution >= 0.6 is 23.4 Å². The first-order chi connectivity index (χ1) is 6.17. The van der Waals surface area contributed by atoms with Crippen molar-refractivity contribution in [1.82, 2.24) is 0 Å². The minimum absolute atomic E-state index is 0.216. The molecular formula is C9H12ClNOS. The third kappa shape index (κ3) is 2.88. The molecule has 0 fully saturated rings. The largest absolute Gasteiger partial charge is 0.387 e. The molecular weight excluding hydrogens is 206 g/mol. The van der Waals surface area contributed by atoms with E-state index < -0.39 is 6.10 Å². The summed E-state index contributed by atoms with van der Waals surface area (Å²) in [7, 11) is 0. The maximum Gasteiger partial charge on any atom is 0.0913 e. The van der Waals surface area contributed by atoms with Crippen LogP contribution in [0.1, 0.15) is 11.7 Å². The Labute approximate surface area is 87.1 Å². The van der Waals surface area contributed by atoms with Crippen molar-refractivity contribution in [1.29, 1.82) is 0 Å². The van der Waals surface area contributed by atoms with E-state index in [9.17, 15) is 5.11 Å². The first-order valence-corrected chi connectivity index (χ1v) is 5.50. The molecule has 0 saturated carbocycles. The van der Waals surface area contributed by atoms with Crippen LogP contribution in [0.5, 0.6) is 0 Å². The third-order valence-corrected chi connectivity index (χ3v) is 2.66. The third-order valence-electron chi connectivity index (χ3n) is 1.74. The number of thioether (sulfide) groups is 1. The first kappa shape index (κ1) is 10.9. The molecule has 0 aromatic heterocycles. The minimum Gasteiger partial charge on any atom is -0.387 e. The van der Waals surface area contributed by atoms with E-state index in [0.29, 0.717) is 5.02 Å². The summed E-state index contributed by atoms with van der Waals surface area (Å²) in [5.74, 6) is 0. The molecule has 0 spiro atoms. The van der Waals surface area contributed by atoms with Crippen LogP contribution in [0.15, 0.2) is 23.1 Å². The van der Waals surface area contributed by atoms with Crippen molar-refractivity contribution in [2.24, 2.45) is 5.73 Å². The van der Waals surface area contributed by atoms with E-state index in [4.69, 9.17) is 17.3 Å². The fourth-order valence-corrected chi connectivity index (χ4v) is 1.84. The van der Waals surface area contributed by atoms with E-state index in [0.717, 1.165) is 10.5 Å². The number of aliphatic hydroxyl groups excluding tert-OH is 1. The lowest BCUT2D eigenvalue weighted by atomic mass is 10.1. The van der Waals surface area contributed by atoms with Gasteiger partial charge in [0.15, 0.2) is 0 Å². The van der Waals surface area contributed by atoms with E-state index >= 15 is 0 Å². The van der Waals surface area contributed by atoms with Gasteiger partial charge in [-0.2, -0.15) is 0 Å². The van der Waals surface area contributed by atoms with Crippen molar-refractivity contribution in [2.45, 2.75) is 11.0 Å². The Morgan fingerprint density at radius 1 is 1.54 bits per heavy atom. The molecule has 0 aliphatic rings. The van der Waals surface area contributed by atoms with Crippen LogP contribution in [-0.2, 0) is 0 Å². The molecule has 0 aliphatic carbocycles. The smallest absolute Gasteiger partial charge is 0.0913 e. The molecule has 0 radical (unpaired) electrons. The topological polar surface area (TPSA) is 46.2 Å². The standard InChI is InChI=1S/C9H12ClNOS/c1-13-8-3-6(9(12)5-11)2-7(10)4-8/h2-4,9,12H,5,11H2,1H3. The van der Waals surface area contributed by atoms with E-state index in [1.807, 2.05) is 18.4 Å². The van der Waals surface area contributed by atoms with Gasteiger partial charge in [0.25, 0.3) is 0 Å². The number of hydrogen-bond acceptors (Lipinski definition) is 3. The predicted octanol–water partition coefficient (Wildman–Crippen LogP) is 2.05. The number of halogens is 1. The highest BCUT2D eigenvalue weighted by atomic mass is 35.5. The van der Waals surface area contributed by atoms with Crippen LogP contribution in [0.25, 0.3) is 0 Å². The van der Waals surface area contributed by atoms with Gasteiger partial charge in [0, 0.05) is 16.5 Å². The summed E-state index contributed by atoms with van der Waals surface area (Å²) in [6, 6.07) is 5.49. The molecule has 3 N–H and O–H groups in total. The lowest BCUT2D eigenvalue weighted by molar-refractivity contribution is 0.186. The minimum atomic E-state index is -0.621. The number of nitrogens with two attached hydrogens (primary N) is 1. The maximum absolute atomic E-state index is 9.48. The van der Waals surface area contributed by atoms with Gasteiger partial charge in [0.05, 0.1) is 6.10 Å². The quantitative estimate of drug-likeness (QED) is 0.762. The highest BCUT2D eigenvalue weighted by molar-refractivity contribution is 7.98. The van der Waals surface area contributed by atoms with Gasteiger partial charge in [-0.25, -0.2) is 0 Å². The second kappa shape index (κ2) is 4.86. The van der Waals surface area contributed by atoms with Gasteiger partial charge in [-0.3, -0.25) is 0 Å². The molecule has 1 aromatic rings. The number of hydrogen-bond donors (Lipinski definition) is 2. The number of benzene rings is 1. The van der Waals surface area contributed by atoms with Crippen molar-refractivity contribution < 1.29 is 5.11 Å². The van der Waals surface area contributed by atoms with Crippen LogP contribution in [0.4, 0.5) is 0 Å². The van der Waals surface area contributed by atoms with Crippen LogP contribution in [0, 0.1) is 0 Å². The highest BCUT2D eigenvalue weighted by Gasteiger charge is 2.06. The van der Waals surface area contributed by atoms with Crippen molar-refractivity contribution in [3.05, 3.63) is 28.8 Å². The summed E-state index contributed by atoms with van der Waals surface area (Å²) in [5, 5.41) is 10.1. The van der Waals surface area contributed by atoms with Crippen molar-refractivity contribution in [3.8, 4) is 0 Å². The van der Waals surface area contributed by atoms with E-state index in [1.165, 1.54) is 0 Å². The zero-order valence-corrected chi connectivity index (χ0v) is 8.90. The SMILES string of the molecule is CSc1cc(Cl)cc(C(O)CN)c1.